The summed E-state index contributed by atoms with van der Waals surface area (Å²) in [5.41, 5.74) is 0.980. The van der Waals surface area contributed by atoms with Crippen molar-refractivity contribution in [1.82, 2.24) is 0 Å². The minimum atomic E-state index is -0.299. The van der Waals surface area contributed by atoms with Crippen LogP contribution < -0.4 is 0 Å². The Morgan fingerprint density at radius 1 is 1.44 bits per heavy atom. The van der Waals surface area contributed by atoms with Gasteiger partial charge in [0.05, 0.1) is 6.10 Å². The summed E-state index contributed by atoms with van der Waals surface area (Å²) in [6.45, 7) is 0. The van der Waals surface area contributed by atoms with Crippen LogP contribution in [0.3, 0.4) is 0 Å². The largest absolute Gasteiger partial charge is 0.393 e. The predicted octanol–water partition coefficient (Wildman–Crippen LogP) is 3.68. The third-order valence-corrected chi connectivity index (χ3v) is 4.04. The Morgan fingerprint density at radius 2 is 2.19 bits per heavy atom. The standard InChI is InChI=1S/C13H16BrFO/c14-13-8-11(15)5-4-10(13)7-12(16)6-9-2-1-3-9/h4-5,8-9,12,16H,1-3,6-7H2. The number of hydrogen-bond acceptors (Lipinski definition) is 1. The van der Waals surface area contributed by atoms with Gasteiger partial charge in [-0.2, -0.15) is 0 Å². The molecule has 1 aromatic rings. The Morgan fingerprint density at radius 3 is 2.75 bits per heavy atom. The average molecular weight is 287 g/mol. The van der Waals surface area contributed by atoms with Crippen molar-refractivity contribution < 1.29 is 9.50 Å². The predicted molar refractivity (Wildman–Crippen MR) is 65.8 cm³/mol. The first-order valence-electron chi connectivity index (χ1n) is 5.77. The zero-order valence-corrected chi connectivity index (χ0v) is 10.7. The van der Waals surface area contributed by atoms with Crippen molar-refractivity contribution in [2.24, 2.45) is 5.92 Å². The minimum absolute atomic E-state index is 0.246. The van der Waals surface area contributed by atoms with Crippen LogP contribution in [-0.4, -0.2) is 11.2 Å². The highest BCUT2D eigenvalue weighted by molar-refractivity contribution is 9.10. The zero-order valence-electron chi connectivity index (χ0n) is 9.13. The number of rotatable bonds is 4. The summed E-state index contributed by atoms with van der Waals surface area (Å²) in [6, 6.07) is 4.63. The lowest BCUT2D eigenvalue weighted by Crippen LogP contribution is -2.21. The second-order valence-corrected chi connectivity index (χ2v) is 5.48. The molecule has 1 aliphatic rings. The molecule has 3 heteroatoms. The summed E-state index contributed by atoms with van der Waals surface area (Å²) in [4.78, 5) is 0. The highest BCUT2D eigenvalue weighted by atomic mass is 79.9. The van der Waals surface area contributed by atoms with Crippen molar-refractivity contribution >= 4 is 15.9 Å². The molecule has 1 aromatic carbocycles. The van der Waals surface area contributed by atoms with E-state index in [4.69, 9.17) is 0 Å². The Kier molecular flexibility index (Phi) is 3.98. The summed E-state index contributed by atoms with van der Waals surface area (Å²) in [7, 11) is 0. The van der Waals surface area contributed by atoms with E-state index < -0.39 is 0 Å². The van der Waals surface area contributed by atoms with Crippen LogP contribution in [0.5, 0.6) is 0 Å². The molecule has 1 aliphatic carbocycles. The van der Waals surface area contributed by atoms with Crippen molar-refractivity contribution in [3.63, 3.8) is 0 Å². The molecular weight excluding hydrogens is 271 g/mol. The summed E-state index contributed by atoms with van der Waals surface area (Å²) in [5.74, 6) is 0.457. The fourth-order valence-electron chi connectivity index (χ4n) is 2.14. The van der Waals surface area contributed by atoms with Crippen molar-refractivity contribution in [3.05, 3.63) is 34.1 Å². The molecule has 0 amide bonds. The number of aliphatic hydroxyl groups is 1. The lowest BCUT2D eigenvalue weighted by atomic mass is 9.80. The number of hydrogen-bond donors (Lipinski definition) is 1. The van der Waals surface area contributed by atoms with Gasteiger partial charge in [0, 0.05) is 4.47 Å². The first-order valence-corrected chi connectivity index (χ1v) is 6.56. The fraction of sp³-hybridized carbons (Fsp3) is 0.538. The lowest BCUT2D eigenvalue weighted by Gasteiger charge is -2.27. The van der Waals surface area contributed by atoms with Crippen LogP contribution in [0.1, 0.15) is 31.2 Å². The summed E-state index contributed by atoms with van der Waals surface area (Å²) >= 11 is 3.32. The number of benzene rings is 1. The normalized spacial score (nSPS) is 18.2. The fourth-order valence-corrected chi connectivity index (χ4v) is 2.65. The molecule has 0 radical (unpaired) electrons. The molecule has 0 aliphatic heterocycles. The first kappa shape index (κ1) is 12.1. The second kappa shape index (κ2) is 5.28. The third kappa shape index (κ3) is 3.05. The smallest absolute Gasteiger partial charge is 0.124 e. The molecule has 1 saturated carbocycles. The average Bonchev–Trinajstić information content (AvgIpc) is 2.16. The SMILES string of the molecule is OC(Cc1ccc(F)cc1Br)CC1CCC1. The van der Waals surface area contributed by atoms with Gasteiger partial charge in [0.25, 0.3) is 0 Å². The van der Waals surface area contributed by atoms with Crippen LogP contribution in [0.15, 0.2) is 22.7 Å². The maximum Gasteiger partial charge on any atom is 0.124 e. The van der Waals surface area contributed by atoms with Crippen molar-refractivity contribution in [1.29, 1.82) is 0 Å². The van der Waals surface area contributed by atoms with Gasteiger partial charge in [-0.1, -0.05) is 41.3 Å². The molecule has 1 atom stereocenters. The van der Waals surface area contributed by atoms with Crippen LogP contribution >= 0.6 is 15.9 Å². The molecule has 0 heterocycles. The quantitative estimate of drug-likeness (QED) is 0.895. The van der Waals surface area contributed by atoms with E-state index in [1.165, 1.54) is 31.4 Å². The van der Waals surface area contributed by atoms with Crippen LogP contribution in [-0.2, 0) is 6.42 Å². The van der Waals surface area contributed by atoms with Gasteiger partial charge in [-0.15, -0.1) is 0 Å². The van der Waals surface area contributed by atoms with E-state index >= 15 is 0 Å². The monoisotopic (exact) mass is 286 g/mol. The van der Waals surface area contributed by atoms with Gasteiger partial charge in [0.2, 0.25) is 0 Å². The molecule has 0 spiro atoms. The van der Waals surface area contributed by atoms with E-state index in [1.807, 2.05) is 0 Å². The zero-order chi connectivity index (χ0) is 11.5. The summed E-state index contributed by atoms with van der Waals surface area (Å²) in [5, 5.41) is 9.92. The number of aliphatic hydroxyl groups excluding tert-OH is 1. The Bertz CT molecular complexity index is 363. The highest BCUT2D eigenvalue weighted by Gasteiger charge is 2.21. The topological polar surface area (TPSA) is 20.2 Å². The van der Waals surface area contributed by atoms with Gasteiger partial charge < -0.3 is 5.11 Å². The molecule has 0 bridgehead atoms. The van der Waals surface area contributed by atoms with Crippen molar-refractivity contribution in [2.75, 3.05) is 0 Å². The van der Waals surface area contributed by atoms with Crippen LogP contribution in [0, 0.1) is 11.7 Å². The summed E-state index contributed by atoms with van der Waals surface area (Å²) < 4.78 is 13.6. The Hall–Kier alpha value is -0.410. The summed E-state index contributed by atoms with van der Waals surface area (Å²) in [6.07, 6.45) is 4.99. The van der Waals surface area contributed by atoms with E-state index in [-0.39, 0.29) is 11.9 Å². The van der Waals surface area contributed by atoms with Crippen LogP contribution in [0.2, 0.25) is 0 Å². The molecule has 2 rings (SSSR count). The number of halogens is 2. The van der Waals surface area contributed by atoms with Gasteiger partial charge in [-0.25, -0.2) is 4.39 Å². The molecule has 0 saturated heterocycles. The maximum absolute atomic E-state index is 12.9. The third-order valence-electron chi connectivity index (χ3n) is 3.30. The van der Waals surface area contributed by atoms with Crippen molar-refractivity contribution in [3.8, 4) is 0 Å². The molecule has 0 aromatic heterocycles. The minimum Gasteiger partial charge on any atom is -0.393 e. The molecule has 16 heavy (non-hydrogen) atoms. The maximum atomic E-state index is 12.9. The van der Waals surface area contributed by atoms with E-state index in [0.29, 0.717) is 12.3 Å². The molecule has 1 unspecified atom stereocenters. The molecule has 1 fully saturated rings. The van der Waals surface area contributed by atoms with Crippen LogP contribution in [0.25, 0.3) is 0 Å². The first-order chi connectivity index (χ1) is 7.65. The van der Waals surface area contributed by atoms with E-state index in [0.717, 1.165) is 16.5 Å². The molecule has 1 N–H and O–H groups in total. The lowest BCUT2D eigenvalue weighted by molar-refractivity contribution is 0.117. The Balaban J connectivity index is 1.91. The van der Waals surface area contributed by atoms with Gasteiger partial charge in [0.15, 0.2) is 0 Å². The van der Waals surface area contributed by atoms with Crippen molar-refractivity contribution in [2.45, 2.75) is 38.2 Å². The van der Waals surface area contributed by atoms with E-state index in [9.17, 15) is 9.50 Å². The molecule has 88 valence electrons. The highest BCUT2D eigenvalue weighted by Crippen LogP contribution is 2.31. The van der Waals surface area contributed by atoms with Crippen LogP contribution in [0.4, 0.5) is 4.39 Å². The molecule has 1 nitrogen and oxygen atoms in total. The van der Waals surface area contributed by atoms with Gasteiger partial charge in [-0.05, 0) is 36.5 Å². The van der Waals surface area contributed by atoms with Gasteiger partial charge in [0.1, 0.15) is 5.82 Å². The van der Waals surface area contributed by atoms with Gasteiger partial charge >= 0.3 is 0 Å². The van der Waals surface area contributed by atoms with E-state index in [2.05, 4.69) is 15.9 Å². The van der Waals surface area contributed by atoms with Gasteiger partial charge in [-0.3, -0.25) is 0 Å². The second-order valence-electron chi connectivity index (χ2n) is 4.63. The van der Waals surface area contributed by atoms with E-state index in [1.54, 1.807) is 6.07 Å². The Labute approximate surface area is 104 Å². The molecular formula is C13H16BrFO.